The molecule has 2 heterocycles. The van der Waals surface area contributed by atoms with Gasteiger partial charge >= 0.3 is 0 Å². The normalized spacial score (nSPS) is 10.5. The Hall–Kier alpha value is -1.25. The lowest BCUT2D eigenvalue weighted by atomic mass is 10.3. The van der Waals surface area contributed by atoms with Gasteiger partial charge in [-0.25, -0.2) is 5.16 Å². The molecule has 0 aromatic heterocycles. The molecule has 0 radical (unpaired) electrons. The average Bonchev–Trinajstić information content (AvgIpc) is 2.15. The zero-order chi connectivity index (χ0) is 5.40. The number of rotatable bonds is 0. The van der Waals surface area contributed by atoms with Crippen LogP contribution in [0.1, 0.15) is 0 Å². The number of nitrogens with one attached hydrogen (secondary N) is 1. The van der Waals surface area contributed by atoms with Crippen LogP contribution in [0.15, 0.2) is 23.2 Å². The van der Waals surface area contributed by atoms with E-state index in [1.807, 2.05) is 0 Å². The summed E-state index contributed by atoms with van der Waals surface area (Å²) in [5.74, 6) is 0. The number of H-pyrrole nitrogens is 1. The van der Waals surface area contributed by atoms with Gasteiger partial charge in [-0.05, 0) is 0 Å². The molecule has 40 valence electrons. The molecule has 0 fully saturated rings. The molecular formula is C5H4N2O. The number of aromatic nitrogens is 2. The molecule has 2 aliphatic heterocycles. The maximum atomic E-state index is 4.74. The fourth-order valence-electron chi connectivity index (χ4n) is 0.672. The van der Waals surface area contributed by atoms with E-state index in [-0.39, 0.29) is 0 Å². The first kappa shape index (κ1) is 3.72. The summed E-state index contributed by atoms with van der Waals surface area (Å²) in [5, 5.41) is 2.66. The quantitative estimate of drug-likeness (QED) is 0.549. The van der Waals surface area contributed by atoms with Crippen molar-refractivity contribution in [2.45, 2.75) is 0 Å². The van der Waals surface area contributed by atoms with Gasteiger partial charge in [-0.2, -0.15) is 0 Å². The summed E-state index contributed by atoms with van der Waals surface area (Å²) in [7, 11) is 0. The maximum absolute atomic E-state index is 4.74. The standard InChI is InChI=1S/C5H4N2O/c1-4-3-8-7-5(4)2-6-1/h1-3,7H. The van der Waals surface area contributed by atoms with Crippen molar-refractivity contribution in [3.05, 3.63) is 18.7 Å². The molecule has 2 aliphatic rings. The SMILES string of the molecule is c1ncc2[nH]occ1-2. The second-order valence-electron chi connectivity index (χ2n) is 1.61. The third-order valence-corrected chi connectivity index (χ3v) is 1.08. The van der Waals surface area contributed by atoms with E-state index >= 15 is 0 Å². The van der Waals surface area contributed by atoms with E-state index in [9.17, 15) is 0 Å². The Bertz CT molecular complexity index is 202. The Morgan fingerprint density at radius 3 is 3.38 bits per heavy atom. The highest BCUT2D eigenvalue weighted by molar-refractivity contribution is 5.56. The molecule has 0 saturated carbocycles. The summed E-state index contributed by atoms with van der Waals surface area (Å²) in [6, 6.07) is 0. The van der Waals surface area contributed by atoms with E-state index in [1.165, 1.54) is 0 Å². The van der Waals surface area contributed by atoms with Crippen LogP contribution in [0.25, 0.3) is 11.3 Å². The largest absolute Gasteiger partial charge is 0.389 e. The van der Waals surface area contributed by atoms with Gasteiger partial charge in [-0.1, -0.05) is 0 Å². The Morgan fingerprint density at radius 1 is 1.50 bits per heavy atom. The van der Waals surface area contributed by atoms with Crippen molar-refractivity contribution < 1.29 is 4.52 Å². The number of hydrogen-bond acceptors (Lipinski definition) is 2. The molecule has 0 amide bonds. The predicted octanol–water partition coefficient (Wildman–Crippen LogP) is 1.11. The molecule has 0 aliphatic carbocycles. The third-order valence-electron chi connectivity index (χ3n) is 1.08. The van der Waals surface area contributed by atoms with Crippen LogP contribution < -0.4 is 0 Å². The summed E-state index contributed by atoms with van der Waals surface area (Å²) in [5.41, 5.74) is 1.97. The Balaban J connectivity index is 2.84. The van der Waals surface area contributed by atoms with Crippen molar-refractivity contribution in [1.29, 1.82) is 0 Å². The van der Waals surface area contributed by atoms with Gasteiger partial charge in [0, 0.05) is 6.20 Å². The molecule has 0 spiro atoms. The molecule has 0 unspecified atom stereocenters. The van der Waals surface area contributed by atoms with Crippen LogP contribution in [-0.4, -0.2) is 10.1 Å². The van der Waals surface area contributed by atoms with Crippen molar-refractivity contribution in [3.8, 4) is 11.3 Å². The van der Waals surface area contributed by atoms with Crippen molar-refractivity contribution in [3.63, 3.8) is 0 Å². The van der Waals surface area contributed by atoms with Gasteiger partial charge in [0.25, 0.3) is 0 Å². The molecule has 0 bridgehead atoms. The van der Waals surface area contributed by atoms with Crippen LogP contribution in [0.5, 0.6) is 0 Å². The Morgan fingerprint density at radius 2 is 2.50 bits per heavy atom. The van der Waals surface area contributed by atoms with E-state index in [1.54, 1.807) is 18.7 Å². The lowest BCUT2D eigenvalue weighted by Crippen LogP contribution is -1.59. The molecule has 0 aromatic carbocycles. The van der Waals surface area contributed by atoms with E-state index in [4.69, 9.17) is 4.52 Å². The van der Waals surface area contributed by atoms with Crippen LogP contribution in [0, 0.1) is 0 Å². The summed E-state index contributed by atoms with van der Waals surface area (Å²) in [6.45, 7) is 0. The highest BCUT2D eigenvalue weighted by Gasteiger charge is 2.02. The lowest BCUT2D eigenvalue weighted by molar-refractivity contribution is 0.424. The van der Waals surface area contributed by atoms with E-state index < -0.39 is 0 Å². The van der Waals surface area contributed by atoms with Crippen LogP contribution >= 0.6 is 0 Å². The van der Waals surface area contributed by atoms with Crippen LogP contribution in [-0.2, 0) is 0 Å². The van der Waals surface area contributed by atoms with Gasteiger partial charge in [0.05, 0.1) is 11.8 Å². The van der Waals surface area contributed by atoms with Gasteiger partial charge in [0.2, 0.25) is 0 Å². The summed E-state index contributed by atoms with van der Waals surface area (Å²) < 4.78 is 4.74. The molecule has 0 aromatic rings. The molecule has 3 nitrogen and oxygen atoms in total. The first-order valence-corrected chi connectivity index (χ1v) is 2.32. The molecule has 1 N–H and O–H groups in total. The monoisotopic (exact) mass is 108 g/mol. The molecule has 8 heavy (non-hydrogen) atoms. The molecule has 0 atom stereocenters. The molecule has 2 rings (SSSR count). The number of fused-ring (bicyclic) bond motifs is 1. The summed E-state index contributed by atoms with van der Waals surface area (Å²) in [6.07, 6.45) is 5.09. The predicted molar refractivity (Wildman–Crippen MR) is 27.5 cm³/mol. The highest BCUT2D eigenvalue weighted by atomic mass is 16.5. The molecule has 3 heteroatoms. The minimum absolute atomic E-state index is 0.949. The Labute approximate surface area is 45.6 Å². The van der Waals surface area contributed by atoms with Crippen molar-refractivity contribution in [2.75, 3.05) is 0 Å². The Kier molecular flexibility index (Phi) is 0.521. The van der Waals surface area contributed by atoms with Gasteiger partial charge < -0.3 is 4.52 Å². The van der Waals surface area contributed by atoms with E-state index in [0.29, 0.717) is 0 Å². The van der Waals surface area contributed by atoms with Gasteiger partial charge in [0.15, 0.2) is 0 Å². The number of hydrogen-bond donors (Lipinski definition) is 1. The highest BCUT2D eigenvalue weighted by Crippen LogP contribution is 2.16. The zero-order valence-corrected chi connectivity index (χ0v) is 4.09. The fourth-order valence-corrected chi connectivity index (χ4v) is 0.672. The maximum Gasteiger partial charge on any atom is 0.130 e. The van der Waals surface area contributed by atoms with E-state index in [0.717, 1.165) is 11.3 Å². The lowest BCUT2D eigenvalue weighted by Gasteiger charge is -1.71. The van der Waals surface area contributed by atoms with Gasteiger partial charge in [0.1, 0.15) is 12.0 Å². The fraction of sp³-hybridized carbons (Fsp3) is 0. The topological polar surface area (TPSA) is 41.8 Å². The zero-order valence-electron chi connectivity index (χ0n) is 4.09. The first-order valence-electron chi connectivity index (χ1n) is 2.32. The number of aromatic amines is 1. The average molecular weight is 108 g/mol. The van der Waals surface area contributed by atoms with Crippen LogP contribution in [0.2, 0.25) is 0 Å². The van der Waals surface area contributed by atoms with Crippen LogP contribution in [0.3, 0.4) is 0 Å². The van der Waals surface area contributed by atoms with E-state index in [2.05, 4.69) is 10.1 Å². The second kappa shape index (κ2) is 1.12. The van der Waals surface area contributed by atoms with Gasteiger partial charge in [-0.15, -0.1) is 0 Å². The third kappa shape index (κ3) is 0.307. The van der Waals surface area contributed by atoms with Crippen molar-refractivity contribution >= 4 is 0 Å². The molecular weight excluding hydrogens is 104 g/mol. The summed E-state index contributed by atoms with van der Waals surface area (Å²) in [4.78, 5) is 3.87. The minimum atomic E-state index is 0.949. The molecule has 0 saturated heterocycles. The van der Waals surface area contributed by atoms with Gasteiger partial charge in [-0.3, -0.25) is 4.98 Å². The first-order chi connectivity index (χ1) is 3.97. The minimum Gasteiger partial charge on any atom is -0.389 e. The van der Waals surface area contributed by atoms with Crippen molar-refractivity contribution in [1.82, 2.24) is 10.1 Å². The van der Waals surface area contributed by atoms with Crippen molar-refractivity contribution in [2.24, 2.45) is 0 Å². The summed E-state index contributed by atoms with van der Waals surface area (Å²) >= 11 is 0. The second-order valence-corrected chi connectivity index (χ2v) is 1.61. The number of nitrogens with zero attached hydrogens (tertiary/aromatic N) is 1. The van der Waals surface area contributed by atoms with Crippen LogP contribution in [0.4, 0.5) is 0 Å². The smallest absolute Gasteiger partial charge is 0.130 e.